The van der Waals surface area contributed by atoms with Crippen LogP contribution >= 0.6 is 0 Å². The van der Waals surface area contributed by atoms with E-state index in [9.17, 15) is 4.79 Å². The molecule has 2 aromatic heterocycles. The maximum Gasteiger partial charge on any atom is 0.367 e. The molecular weight excluding hydrogens is 318 g/mol. The normalized spacial score (nSPS) is 13.3. The van der Waals surface area contributed by atoms with E-state index in [-0.39, 0.29) is 0 Å². The first-order valence-electron chi connectivity index (χ1n) is 7.73. The molecule has 3 heterocycles. The van der Waals surface area contributed by atoms with E-state index in [1.54, 1.807) is 0 Å². The quantitative estimate of drug-likeness (QED) is 0.772. The molecule has 0 spiro atoms. The first kappa shape index (κ1) is 15.0. The molecule has 0 aliphatic carbocycles. The van der Waals surface area contributed by atoms with Crippen LogP contribution in [0.4, 0.5) is 4.79 Å². The van der Waals surface area contributed by atoms with Crippen LogP contribution in [0, 0.1) is 0 Å². The van der Waals surface area contributed by atoms with Gasteiger partial charge in [0.2, 0.25) is 5.82 Å². The van der Waals surface area contributed by atoms with Crippen LogP contribution < -0.4 is 0 Å². The fraction of sp³-hybridized carbons (Fsp3) is 0.118. The van der Waals surface area contributed by atoms with E-state index in [4.69, 9.17) is 0 Å². The van der Waals surface area contributed by atoms with Gasteiger partial charge in [0.1, 0.15) is 0 Å². The summed E-state index contributed by atoms with van der Waals surface area (Å²) in [6.45, 7) is 0. The van der Waals surface area contributed by atoms with E-state index in [0.717, 1.165) is 22.4 Å². The number of aromatic amines is 1. The minimum atomic E-state index is -0.434. The molecule has 25 heavy (non-hydrogen) atoms. The highest BCUT2D eigenvalue weighted by molar-refractivity contribution is 6.37. The zero-order valence-electron chi connectivity index (χ0n) is 13.1. The molecule has 0 saturated heterocycles. The summed E-state index contributed by atoms with van der Waals surface area (Å²) in [7, 11) is 0. The molecule has 0 unspecified atom stereocenters. The Hall–Kier alpha value is -3.55. The minimum Gasteiger partial charge on any atom is -0.261 e. The van der Waals surface area contributed by atoms with E-state index in [1.807, 2.05) is 42.6 Å². The lowest BCUT2D eigenvalue weighted by Gasteiger charge is -2.07. The number of nitrogens with one attached hydrogen (secondary N) is 1. The number of amides is 2. The van der Waals surface area contributed by atoms with Crippen molar-refractivity contribution in [2.75, 3.05) is 0 Å². The third-order valence-electron chi connectivity index (χ3n) is 3.85. The number of hydrogen-bond acceptors (Lipinski definition) is 5. The van der Waals surface area contributed by atoms with Crippen molar-refractivity contribution in [3.05, 3.63) is 48.3 Å². The molecule has 0 saturated carbocycles. The van der Waals surface area contributed by atoms with E-state index in [1.165, 1.54) is 6.21 Å². The number of benzene rings is 1. The van der Waals surface area contributed by atoms with Gasteiger partial charge in [0.15, 0.2) is 0 Å². The Kier molecular flexibility index (Phi) is 3.91. The predicted octanol–water partition coefficient (Wildman–Crippen LogP) is 2.51. The third-order valence-corrected chi connectivity index (χ3v) is 3.85. The number of carbonyl (C=O) groups is 1. The molecule has 0 atom stereocenters. The number of tetrazole rings is 1. The second-order valence-corrected chi connectivity index (χ2v) is 5.46. The number of aliphatic imine (C=N–C) groups is 2. The van der Waals surface area contributed by atoms with Gasteiger partial charge in [-0.2, -0.15) is 15.2 Å². The van der Waals surface area contributed by atoms with E-state index < -0.39 is 6.03 Å². The number of pyridine rings is 1. The van der Waals surface area contributed by atoms with Gasteiger partial charge in [-0.1, -0.05) is 30.3 Å². The van der Waals surface area contributed by atoms with Crippen molar-refractivity contribution in [3.63, 3.8) is 0 Å². The maximum atomic E-state index is 11.0. The number of aryl methyl sites for hydroxylation is 1. The van der Waals surface area contributed by atoms with Crippen molar-refractivity contribution in [3.8, 4) is 22.5 Å². The van der Waals surface area contributed by atoms with Gasteiger partial charge in [-0.05, 0) is 29.7 Å². The van der Waals surface area contributed by atoms with Crippen LogP contribution in [0.25, 0.3) is 22.5 Å². The number of aromatic nitrogens is 5. The zero-order chi connectivity index (χ0) is 17.1. The van der Waals surface area contributed by atoms with Crippen molar-refractivity contribution in [1.82, 2.24) is 25.6 Å². The summed E-state index contributed by atoms with van der Waals surface area (Å²) >= 11 is 0. The smallest absolute Gasteiger partial charge is 0.261 e. The summed E-state index contributed by atoms with van der Waals surface area (Å²) in [5, 5.41) is 14.2. The average molecular weight is 331 g/mol. The number of rotatable bonds is 5. The largest absolute Gasteiger partial charge is 0.367 e. The molecule has 1 N–H and O–H groups in total. The predicted molar refractivity (Wildman–Crippen MR) is 92.5 cm³/mol. The summed E-state index contributed by atoms with van der Waals surface area (Å²) in [5.41, 5.74) is 4.47. The lowest BCUT2D eigenvalue weighted by molar-refractivity contribution is 0.257. The van der Waals surface area contributed by atoms with E-state index in [2.05, 4.69) is 35.6 Å². The van der Waals surface area contributed by atoms with Gasteiger partial charge < -0.3 is 0 Å². The van der Waals surface area contributed by atoms with Crippen LogP contribution in [-0.2, 0) is 6.42 Å². The summed E-state index contributed by atoms with van der Waals surface area (Å²) < 4.78 is 0. The van der Waals surface area contributed by atoms with Gasteiger partial charge >= 0.3 is 6.03 Å². The summed E-state index contributed by atoms with van der Waals surface area (Å²) in [4.78, 5) is 22.9. The molecule has 8 heteroatoms. The molecule has 1 aliphatic heterocycles. The van der Waals surface area contributed by atoms with Crippen LogP contribution in [0.5, 0.6) is 0 Å². The SMILES string of the molecule is O=C1N=CC(CCc2ccc(-c3ccccc3-c3nn[nH]n3)cn2)=N1. The van der Waals surface area contributed by atoms with Gasteiger partial charge in [0.05, 0.1) is 11.9 Å². The van der Waals surface area contributed by atoms with Crippen LogP contribution in [0.3, 0.4) is 0 Å². The van der Waals surface area contributed by atoms with Gasteiger partial charge in [-0.15, -0.1) is 10.2 Å². The Morgan fingerprint density at radius 3 is 2.56 bits per heavy atom. The first-order valence-corrected chi connectivity index (χ1v) is 7.73. The lowest BCUT2D eigenvalue weighted by Crippen LogP contribution is -2.00. The van der Waals surface area contributed by atoms with Crippen LogP contribution in [0.2, 0.25) is 0 Å². The van der Waals surface area contributed by atoms with Crippen molar-refractivity contribution in [2.24, 2.45) is 9.98 Å². The maximum absolute atomic E-state index is 11.0. The summed E-state index contributed by atoms with van der Waals surface area (Å²) in [5.74, 6) is 0.544. The molecule has 2 amide bonds. The van der Waals surface area contributed by atoms with E-state index >= 15 is 0 Å². The minimum absolute atomic E-state index is 0.434. The van der Waals surface area contributed by atoms with Gasteiger partial charge in [-0.25, -0.2) is 4.79 Å². The second-order valence-electron chi connectivity index (χ2n) is 5.46. The molecule has 0 fully saturated rings. The Morgan fingerprint density at radius 2 is 1.88 bits per heavy atom. The Bertz CT molecular complexity index is 959. The average Bonchev–Trinajstić information content (AvgIpc) is 3.32. The highest BCUT2D eigenvalue weighted by atomic mass is 16.2. The number of urea groups is 1. The van der Waals surface area contributed by atoms with Crippen molar-refractivity contribution in [2.45, 2.75) is 12.8 Å². The molecule has 3 aromatic rings. The van der Waals surface area contributed by atoms with Crippen LogP contribution in [0.1, 0.15) is 12.1 Å². The second kappa shape index (κ2) is 6.52. The number of H-pyrrole nitrogens is 1. The Balaban J connectivity index is 1.54. The van der Waals surface area contributed by atoms with Gasteiger partial charge in [-0.3, -0.25) is 4.98 Å². The summed E-state index contributed by atoms with van der Waals surface area (Å²) in [6, 6.07) is 11.4. The molecule has 0 bridgehead atoms. The molecule has 1 aromatic carbocycles. The first-order chi connectivity index (χ1) is 12.3. The molecule has 122 valence electrons. The molecule has 1 aliphatic rings. The van der Waals surface area contributed by atoms with Crippen molar-refractivity contribution >= 4 is 18.0 Å². The van der Waals surface area contributed by atoms with Crippen LogP contribution in [-0.4, -0.2) is 43.6 Å². The Morgan fingerprint density at radius 1 is 1.00 bits per heavy atom. The summed E-state index contributed by atoms with van der Waals surface area (Å²) in [6.07, 6.45) is 4.67. The van der Waals surface area contributed by atoms with Gasteiger partial charge in [0.25, 0.3) is 0 Å². The lowest BCUT2D eigenvalue weighted by atomic mass is 10.00. The molecule has 4 rings (SSSR count). The molecular formula is C17H13N7O. The van der Waals surface area contributed by atoms with E-state index in [0.29, 0.717) is 24.4 Å². The highest BCUT2D eigenvalue weighted by Gasteiger charge is 2.11. The van der Waals surface area contributed by atoms with Crippen molar-refractivity contribution < 1.29 is 4.79 Å². The standard InChI is InChI=1S/C17H13N7O/c25-17-19-10-13(20-17)8-7-12-6-5-11(9-18-12)14-3-1-2-4-15(14)16-21-23-24-22-16/h1-6,9-10H,7-8H2,(H,21,22,23,24). The monoisotopic (exact) mass is 331 g/mol. The highest BCUT2D eigenvalue weighted by Crippen LogP contribution is 2.29. The number of carbonyl (C=O) groups excluding carboxylic acids is 1. The fourth-order valence-electron chi connectivity index (χ4n) is 2.62. The number of nitrogens with zero attached hydrogens (tertiary/aromatic N) is 6. The molecule has 0 radical (unpaired) electrons. The number of hydrogen-bond donors (Lipinski definition) is 1. The van der Waals surface area contributed by atoms with Crippen molar-refractivity contribution in [1.29, 1.82) is 0 Å². The zero-order valence-corrected chi connectivity index (χ0v) is 13.1. The molecule has 8 nitrogen and oxygen atoms in total. The topological polar surface area (TPSA) is 109 Å². The third kappa shape index (κ3) is 3.23. The van der Waals surface area contributed by atoms with Crippen LogP contribution in [0.15, 0.2) is 52.6 Å². The van der Waals surface area contributed by atoms with Gasteiger partial charge in [0, 0.05) is 23.0 Å². The fourth-order valence-corrected chi connectivity index (χ4v) is 2.62. The Labute approximate surface area is 142 Å².